The van der Waals surface area contributed by atoms with Gasteiger partial charge in [-0.05, 0) is 116 Å². The Hall–Kier alpha value is -4.84. The third-order valence-electron chi connectivity index (χ3n) is 9.22. The fraction of sp³-hybridized carbons (Fsp3) is 0.300. The highest BCUT2D eigenvalue weighted by molar-refractivity contribution is 6.04. The molecule has 1 aromatic heterocycles. The molecule has 0 spiro atoms. The van der Waals surface area contributed by atoms with Crippen molar-refractivity contribution in [3.63, 3.8) is 0 Å². The SMILES string of the molecule is Cc1ccccc1N1CCC(Cc2ccc(C(=O)CCCc3cccc(C4=CNC=CCC4)c3)cc2NC(=O)c2ccco2)CC1. The third-order valence-corrected chi connectivity index (χ3v) is 9.22. The quantitative estimate of drug-likeness (QED) is 0.166. The number of anilines is 2. The summed E-state index contributed by atoms with van der Waals surface area (Å²) in [6.45, 7) is 4.19. The molecular formula is C40H43N3O3. The molecule has 0 saturated carbocycles. The van der Waals surface area contributed by atoms with Gasteiger partial charge in [0.05, 0.1) is 6.26 Å². The number of piperidine rings is 1. The second-order valence-corrected chi connectivity index (χ2v) is 12.5. The van der Waals surface area contributed by atoms with Crippen molar-refractivity contribution in [2.75, 3.05) is 23.3 Å². The van der Waals surface area contributed by atoms with Crippen LogP contribution < -0.4 is 15.5 Å². The number of allylic oxidation sites excluding steroid dienone is 2. The van der Waals surface area contributed by atoms with Crippen LogP contribution in [0.1, 0.15) is 81.7 Å². The third kappa shape index (κ3) is 7.86. The Morgan fingerprint density at radius 3 is 2.67 bits per heavy atom. The van der Waals surface area contributed by atoms with E-state index in [0.717, 1.165) is 63.6 Å². The highest BCUT2D eigenvalue weighted by Crippen LogP contribution is 2.31. The number of aryl methyl sites for hydroxylation is 2. The van der Waals surface area contributed by atoms with Gasteiger partial charge in [0.2, 0.25) is 0 Å². The van der Waals surface area contributed by atoms with E-state index in [4.69, 9.17) is 4.42 Å². The predicted octanol–water partition coefficient (Wildman–Crippen LogP) is 8.74. The lowest BCUT2D eigenvalue weighted by Crippen LogP contribution is -2.34. The van der Waals surface area contributed by atoms with Crippen molar-refractivity contribution in [1.82, 2.24) is 5.32 Å². The molecule has 0 bridgehead atoms. The molecule has 6 nitrogen and oxygen atoms in total. The zero-order valence-corrected chi connectivity index (χ0v) is 26.6. The van der Waals surface area contributed by atoms with E-state index in [1.165, 1.54) is 34.2 Å². The number of nitrogens with zero attached hydrogens (tertiary/aromatic N) is 1. The number of furan rings is 1. The van der Waals surface area contributed by atoms with Crippen LogP contribution in [0.2, 0.25) is 0 Å². The van der Waals surface area contributed by atoms with Crippen LogP contribution in [0.3, 0.4) is 0 Å². The maximum absolute atomic E-state index is 13.4. The first kappa shape index (κ1) is 31.2. The van der Waals surface area contributed by atoms with Gasteiger partial charge in [-0.3, -0.25) is 9.59 Å². The molecule has 1 amide bonds. The van der Waals surface area contributed by atoms with Crippen LogP contribution in [0.25, 0.3) is 5.57 Å². The van der Waals surface area contributed by atoms with E-state index >= 15 is 0 Å². The summed E-state index contributed by atoms with van der Waals surface area (Å²) in [5.41, 5.74) is 8.76. The molecule has 3 heterocycles. The molecule has 1 fully saturated rings. The van der Waals surface area contributed by atoms with Gasteiger partial charge in [-0.25, -0.2) is 0 Å². The summed E-state index contributed by atoms with van der Waals surface area (Å²) in [7, 11) is 0. The lowest BCUT2D eigenvalue weighted by Gasteiger charge is -2.34. The second kappa shape index (κ2) is 15.0. The van der Waals surface area contributed by atoms with Crippen LogP contribution in [0.5, 0.6) is 0 Å². The molecule has 2 aliphatic rings. The second-order valence-electron chi connectivity index (χ2n) is 12.5. The first-order chi connectivity index (χ1) is 22.5. The molecule has 2 aliphatic heterocycles. The van der Waals surface area contributed by atoms with Crippen LogP contribution >= 0.6 is 0 Å². The van der Waals surface area contributed by atoms with Crippen molar-refractivity contribution in [1.29, 1.82) is 0 Å². The summed E-state index contributed by atoms with van der Waals surface area (Å²) < 4.78 is 5.35. The first-order valence-electron chi connectivity index (χ1n) is 16.5. The molecule has 0 atom stereocenters. The van der Waals surface area contributed by atoms with Crippen LogP contribution in [-0.2, 0) is 12.8 Å². The van der Waals surface area contributed by atoms with Gasteiger partial charge >= 0.3 is 0 Å². The van der Waals surface area contributed by atoms with E-state index < -0.39 is 0 Å². The molecule has 4 aromatic rings. The van der Waals surface area contributed by atoms with Gasteiger partial charge in [-0.15, -0.1) is 0 Å². The van der Waals surface area contributed by atoms with Gasteiger partial charge in [-0.1, -0.05) is 60.7 Å². The Labute approximate surface area is 272 Å². The molecule has 0 radical (unpaired) electrons. The number of benzene rings is 3. The fourth-order valence-corrected chi connectivity index (χ4v) is 6.61. The smallest absolute Gasteiger partial charge is 0.291 e. The Balaban J connectivity index is 1.10. The van der Waals surface area contributed by atoms with Crippen LogP contribution in [0.4, 0.5) is 11.4 Å². The summed E-state index contributed by atoms with van der Waals surface area (Å²) in [5.74, 6) is 0.533. The molecule has 6 heteroatoms. The van der Waals surface area contributed by atoms with Crippen LogP contribution in [-0.4, -0.2) is 24.8 Å². The van der Waals surface area contributed by atoms with E-state index in [-0.39, 0.29) is 17.5 Å². The molecule has 1 saturated heterocycles. The van der Waals surface area contributed by atoms with E-state index in [0.29, 0.717) is 23.6 Å². The molecule has 236 valence electrons. The predicted molar refractivity (Wildman–Crippen MR) is 186 cm³/mol. The maximum Gasteiger partial charge on any atom is 0.291 e. The van der Waals surface area contributed by atoms with Crippen molar-refractivity contribution in [3.8, 4) is 0 Å². The number of carbonyl (C=O) groups excluding carboxylic acids is 2. The topological polar surface area (TPSA) is 74.6 Å². The minimum atomic E-state index is -0.306. The highest BCUT2D eigenvalue weighted by Gasteiger charge is 2.23. The average Bonchev–Trinajstić information content (AvgIpc) is 3.49. The summed E-state index contributed by atoms with van der Waals surface area (Å²) in [6.07, 6.45) is 14.8. The standard InChI is InChI=1S/C40H43N3O3/c1-29-9-2-3-14-37(29)43-22-19-31(20-23-43)26-33-17-18-34(27-36(33)42-40(45)39-16-8-24-46-39)38(44)15-7-11-30-10-6-13-32(25-30)35-12-4-5-21-41-28-35/h2-3,5-6,8-10,13-14,16-18,21,24-25,27-28,31,41H,4,7,11-12,15,19-20,22-23,26H2,1H3,(H,42,45). The van der Waals surface area contributed by atoms with Gasteiger partial charge in [0, 0.05) is 42.6 Å². The first-order valence-corrected chi connectivity index (χ1v) is 16.5. The number of Topliss-reactive ketones (excluding diaryl/α,β-unsaturated/α-hetero) is 1. The molecule has 2 N–H and O–H groups in total. The average molecular weight is 614 g/mol. The number of ketones is 1. The Morgan fingerprint density at radius 2 is 1.85 bits per heavy atom. The number of para-hydroxylation sites is 1. The van der Waals surface area contributed by atoms with Gasteiger partial charge in [0.25, 0.3) is 5.91 Å². The van der Waals surface area contributed by atoms with Gasteiger partial charge < -0.3 is 20.0 Å². The molecule has 0 aliphatic carbocycles. The maximum atomic E-state index is 13.4. The van der Waals surface area contributed by atoms with Crippen LogP contribution in [0.15, 0.2) is 108 Å². The van der Waals surface area contributed by atoms with Crippen molar-refractivity contribution >= 4 is 28.6 Å². The lowest BCUT2D eigenvalue weighted by molar-refractivity contribution is 0.0975. The number of amides is 1. The van der Waals surface area contributed by atoms with Crippen molar-refractivity contribution in [2.24, 2.45) is 5.92 Å². The van der Waals surface area contributed by atoms with Gasteiger partial charge in [0.15, 0.2) is 11.5 Å². The van der Waals surface area contributed by atoms with E-state index in [1.54, 1.807) is 12.1 Å². The molecule has 46 heavy (non-hydrogen) atoms. The van der Waals surface area contributed by atoms with Gasteiger partial charge in [-0.2, -0.15) is 0 Å². The minimum absolute atomic E-state index is 0.0875. The molecule has 3 aromatic carbocycles. The summed E-state index contributed by atoms with van der Waals surface area (Å²) in [5, 5.41) is 6.28. The highest BCUT2D eigenvalue weighted by atomic mass is 16.3. The molecule has 6 rings (SSSR count). The van der Waals surface area contributed by atoms with E-state index in [9.17, 15) is 9.59 Å². The number of rotatable bonds is 11. The number of nitrogens with one attached hydrogen (secondary N) is 2. The zero-order valence-electron chi connectivity index (χ0n) is 26.6. The largest absolute Gasteiger partial charge is 0.459 e. The Bertz CT molecular complexity index is 1710. The number of hydrogen-bond donors (Lipinski definition) is 2. The van der Waals surface area contributed by atoms with E-state index in [2.05, 4.69) is 83.3 Å². The number of carbonyl (C=O) groups is 2. The lowest BCUT2D eigenvalue weighted by atomic mass is 9.88. The molecular weight excluding hydrogens is 570 g/mol. The molecule has 0 unspecified atom stereocenters. The van der Waals surface area contributed by atoms with E-state index in [1.807, 2.05) is 24.4 Å². The Morgan fingerprint density at radius 1 is 0.978 bits per heavy atom. The van der Waals surface area contributed by atoms with Gasteiger partial charge in [0.1, 0.15) is 0 Å². The van der Waals surface area contributed by atoms with Crippen molar-refractivity contribution in [2.45, 2.75) is 58.3 Å². The monoisotopic (exact) mass is 613 g/mol. The van der Waals surface area contributed by atoms with Crippen LogP contribution in [0, 0.1) is 12.8 Å². The minimum Gasteiger partial charge on any atom is -0.459 e. The summed E-state index contributed by atoms with van der Waals surface area (Å²) >= 11 is 0. The Kier molecular flexibility index (Phi) is 10.1. The van der Waals surface area contributed by atoms with Crippen molar-refractivity contribution < 1.29 is 14.0 Å². The zero-order chi connectivity index (χ0) is 31.7. The summed E-state index contributed by atoms with van der Waals surface area (Å²) in [6, 6.07) is 26.4. The number of hydrogen-bond acceptors (Lipinski definition) is 5. The van der Waals surface area contributed by atoms with Crippen molar-refractivity contribution in [3.05, 3.63) is 137 Å². The fourth-order valence-electron chi connectivity index (χ4n) is 6.61. The normalized spacial score (nSPS) is 15.2. The summed E-state index contributed by atoms with van der Waals surface area (Å²) in [4.78, 5) is 28.9.